The average molecular weight is 310 g/mol. The maximum atomic E-state index is 12.1. The van der Waals surface area contributed by atoms with E-state index in [0.717, 1.165) is 6.42 Å². The van der Waals surface area contributed by atoms with Crippen LogP contribution in [-0.2, 0) is 14.3 Å². The summed E-state index contributed by atoms with van der Waals surface area (Å²) in [5.41, 5.74) is 1.43. The second-order valence-electron chi connectivity index (χ2n) is 4.77. The zero-order chi connectivity index (χ0) is 16.7. The summed E-state index contributed by atoms with van der Waals surface area (Å²) in [6.45, 7) is 7.34. The van der Waals surface area contributed by atoms with Crippen molar-refractivity contribution in [3.8, 4) is 0 Å². The van der Waals surface area contributed by atoms with E-state index in [1.54, 1.807) is 20.8 Å². The van der Waals surface area contributed by atoms with Crippen molar-refractivity contribution in [2.24, 2.45) is 0 Å². The molecular formula is C15H22N2O5. The largest absolute Gasteiger partial charge is 0.461 e. The van der Waals surface area contributed by atoms with Crippen molar-refractivity contribution in [1.82, 2.24) is 10.3 Å². The molecule has 0 aromatic carbocycles. The maximum absolute atomic E-state index is 12.1. The van der Waals surface area contributed by atoms with E-state index < -0.39 is 11.9 Å². The number of ether oxygens (including phenoxy) is 2. The van der Waals surface area contributed by atoms with Crippen LogP contribution in [0.5, 0.6) is 0 Å². The lowest BCUT2D eigenvalue weighted by Crippen LogP contribution is -2.29. The number of hydrogen-bond donors (Lipinski definition) is 2. The standard InChI is InChI=1S/C15H22N2O5/c1-5-7-16-11(18)8-22-14(19)12-9(3)13(17-10(12)4)15(20)21-6-2/h17H,5-8H2,1-4H3,(H,16,18). The zero-order valence-corrected chi connectivity index (χ0v) is 13.4. The van der Waals surface area contributed by atoms with Gasteiger partial charge in [-0.15, -0.1) is 0 Å². The molecule has 122 valence electrons. The molecule has 0 aliphatic heterocycles. The van der Waals surface area contributed by atoms with Crippen LogP contribution in [0.15, 0.2) is 0 Å². The highest BCUT2D eigenvalue weighted by Gasteiger charge is 2.24. The van der Waals surface area contributed by atoms with Gasteiger partial charge in [-0.2, -0.15) is 0 Å². The van der Waals surface area contributed by atoms with E-state index in [0.29, 0.717) is 17.8 Å². The number of nitrogens with one attached hydrogen (secondary N) is 2. The van der Waals surface area contributed by atoms with Crippen molar-refractivity contribution < 1.29 is 23.9 Å². The van der Waals surface area contributed by atoms with Crippen molar-refractivity contribution in [3.63, 3.8) is 0 Å². The Hall–Kier alpha value is -2.31. The first-order chi connectivity index (χ1) is 10.4. The average Bonchev–Trinajstić information content (AvgIpc) is 2.78. The summed E-state index contributed by atoms with van der Waals surface area (Å²) in [6.07, 6.45) is 0.804. The second-order valence-corrected chi connectivity index (χ2v) is 4.77. The third kappa shape index (κ3) is 4.34. The van der Waals surface area contributed by atoms with Crippen LogP contribution >= 0.6 is 0 Å². The normalized spacial score (nSPS) is 10.2. The Morgan fingerprint density at radius 1 is 1.09 bits per heavy atom. The quantitative estimate of drug-likeness (QED) is 0.744. The Morgan fingerprint density at radius 2 is 1.77 bits per heavy atom. The maximum Gasteiger partial charge on any atom is 0.355 e. The number of carbonyl (C=O) groups excluding carboxylic acids is 3. The molecule has 0 aliphatic carbocycles. The lowest BCUT2D eigenvalue weighted by Gasteiger charge is -2.06. The van der Waals surface area contributed by atoms with E-state index in [9.17, 15) is 14.4 Å². The molecule has 7 nitrogen and oxygen atoms in total. The van der Waals surface area contributed by atoms with E-state index in [4.69, 9.17) is 9.47 Å². The van der Waals surface area contributed by atoms with Crippen LogP contribution in [0.2, 0.25) is 0 Å². The van der Waals surface area contributed by atoms with E-state index >= 15 is 0 Å². The Bertz CT molecular complexity index is 563. The van der Waals surface area contributed by atoms with Gasteiger partial charge in [0.2, 0.25) is 0 Å². The van der Waals surface area contributed by atoms with Gasteiger partial charge < -0.3 is 19.8 Å². The Kier molecular flexibility index (Phi) is 6.62. The van der Waals surface area contributed by atoms with Gasteiger partial charge in [0, 0.05) is 12.2 Å². The van der Waals surface area contributed by atoms with Gasteiger partial charge in [0.05, 0.1) is 12.2 Å². The van der Waals surface area contributed by atoms with Crippen molar-refractivity contribution in [1.29, 1.82) is 0 Å². The monoisotopic (exact) mass is 310 g/mol. The molecule has 0 saturated heterocycles. The topological polar surface area (TPSA) is 97.5 Å². The van der Waals surface area contributed by atoms with Gasteiger partial charge in [0.15, 0.2) is 6.61 Å². The summed E-state index contributed by atoms with van der Waals surface area (Å²) in [5.74, 6) is -1.53. The number of esters is 2. The van der Waals surface area contributed by atoms with E-state index in [2.05, 4.69) is 10.3 Å². The van der Waals surface area contributed by atoms with Crippen molar-refractivity contribution >= 4 is 17.8 Å². The fourth-order valence-corrected chi connectivity index (χ4v) is 1.98. The highest BCUT2D eigenvalue weighted by Crippen LogP contribution is 2.19. The minimum Gasteiger partial charge on any atom is -0.461 e. The molecule has 1 amide bonds. The highest BCUT2D eigenvalue weighted by molar-refractivity contribution is 5.99. The molecule has 22 heavy (non-hydrogen) atoms. The molecule has 0 bridgehead atoms. The Morgan fingerprint density at radius 3 is 2.36 bits per heavy atom. The molecule has 1 heterocycles. The number of carbonyl (C=O) groups is 3. The van der Waals surface area contributed by atoms with Crippen molar-refractivity contribution in [2.45, 2.75) is 34.1 Å². The summed E-state index contributed by atoms with van der Waals surface area (Å²) in [4.78, 5) is 38.1. The third-order valence-corrected chi connectivity index (χ3v) is 3.03. The number of aromatic nitrogens is 1. The Labute approximate surface area is 129 Å². The van der Waals surface area contributed by atoms with Gasteiger partial charge in [0.1, 0.15) is 5.69 Å². The fraction of sp³-hybridized carbons (Fsp3) is 0.533. The number of aryl methyl sites for hydroxylation is 1. The first-order valence-electron chi connectivity index (χ1n) is 7.22. The van der Waals surface area contributed by atoms with Gasteiger partial charge in [-0.05, 0) is 32.8 Å². The summed E-state index contributed by atoms with van der Waals surface area (Å²) >= 11 is 0. The summed E-state index contributed by atoms with van der Waals surface area (Å²) < 4.78 is 9.89. The molecule has 7 heteroatoms. The number of aromatic amines is 1. The molecule has 0 radical (unpaired) electrons. The molecule has 1 rings (SSSR count). The Balaban J connectivity index is 2.77. The lowest BCUT2D eigenvalue weighted by molar-refractivity contribution is -0.124. The summed E-state index contributed by atoms with van der Waals surface area (Å²) in [6, 6.07) is 0. The molecule has 0 atom stereocenters. The van der Waals surface area contributed by atoms with Gasteiger partial charge in [-0.25, -0.2) is 9.59 Å². The van der Waals surface area contributed by atoms with Gasteiger partial charge >= 0.3 is 11.9 Å². The predicted octanol–water partition coefficient (Wildman–Crippen LogP) is 1.49. The third-order valence-electron chi connectivity index (χ3n) is 3.03. The van der Waals surface area contributed by atoms with Crippen LogP contribution < -0.4 is 5.32 Å². The summed E-state index contributed by atoms with van der Waals surface area (Å²) in [5, 5.41) is 2.61. The first kappa shape index (κ1) is 17.7. The highest BCUT2D eigenvalue weighted by atomic mass is 16.5. The minimum atomic E-state index is -0.645. The molecule has 0 spiro atoms. The van der Waals surface area contributed by atoms with Gasteiger partial charge in [-0.3, -0.25) is 4.79 Å². The van der Waals surface area contributed by atoms with E-state index in [1.165, 1.54) is 0 Å². The molecule has 0 saturated carbocycles. The SMILES string of the molecule is CCCNC(=O)COC(=O)c1c(C)[nH]c(C(=O)OCC)c1C. The molecule has 0 fully saturated rings. The number of hydrogen-bond acceptors (Lipinski definition) is 5. The molecule has 2 N–H and O–H groups in total. The van der Waals surface area contributed by atoms with Crippen LogP contribution in [-0.4, -0.2) is 42.6 Å². The number of amides is 1. The smallest absolute Gasteiger partial charge is 0.355 e. The second kappa shape index (κ2) is 8.21. The molecule has 1 aromatic heterocycles. The van der Waals surface area contributed by atoms with Gasteiger partial charge in [0.25, 0.3) is 5.91 Å². The van der Waals surface area contributed by atoms with E-state index in [-0.39, 0.29) is 30.4 Å². The zero-order valence-electron chi connectivity index (χ0n) is 13.4. The van der Waals surface area contributed by atoms with Crippen LogP contribution in [0.25, 0.3) is 0 Å². The minimum absolute atomic E-state index is 0.224. The van der Waals surface area contributed by atoms with Crippen LogP contribution in [0.3, 0.4) is 0 Å². The molecule has 0 aliphatic rings. The number of H-pyrrole nitrogens is 1. The fourth-order valence-electron chi connectivity index (χ4n) is 1.98. The van der Waals surface area contributed by atoms with Crippen molar-refractivity contribution in [3.05, 3.63) is 22.5 Å². The summed E-state index contributed by atoms with van der Waals surface area (Å²) in [7, 11) is 0. The predicted molar refractivity (Wildman–Crippen MR) is 79.8 cm³/mol. The number of rotatable bonds is 7. The molecular weight excluding hydrogens is 288 g/mol. The van der Waals surface area contributed by atoms with Crippen LogP contribution in [0.1, 0.15) is 52.4 Å². The van der Waals surface area contributed by atoms with Crippen molar-refractivity contribution in [2.75, 3.05) is 19.8 Å². The van der Waals surface area contributed by atoms with Gasteiger partial charge in [-0.1, -0.05) is 6.92 Å². The molecule has 0 unspecified atom stereocenters. The molecule has 1 aromatic rings. The van der Waals surface area contributed by atoms with E-state index in [1.807, 2.05) is 6.92 Å². The van der Waals surface area contributed by atoms with Crippen LogP contribution in [0.4, 0.5) is 0 Å². The first-order valence-corrected chi connectivity index (χ1v) is 7.22. The lowest BCUT2D eigenvalue weighted by atomic mass is 10.1. The van der Waals surface area contributed by atoms with Crippen LogP contribution in [0, 0.1) is 13.8 Å².